The summed E-state index contributed by atoms with van der Waals surface area (Å²) in [4.78, 5) is 21.9. The second-order valence-corrected chi connectivity index (χ2v) is 5.28. The molecule has 1 aliphatic heterocycles. The number of aromatic amines is 1. The Morgan fingerprint density at radius 1 is 1.50 bits per heavy atom. The normalized spacial score (nSPS) is 19.4. The Labute approximate surface area is 117 Å². The van der Waals surface area contributed by atoms with Crippen molar-refractivity contribution in [3.8, 4) is 0 Å². The quantitative estimate of drug-likeness (QED) is 0.898. The topological polar surface area (TPSA) is 69.2 Å². The van der Waals surface area contributed by atoms with Crippen molar-refractivity contribution in [3.63, 3.8) is 0 Å². The van der Waals surface area contributed by atoms with Gasteiger partial charge in [-0.05, 0) is 43.9 Å². The maximum Gasteiger partial charge on any atom is 0.270 e. The molecule has 1 saturated heterocycles. The minimum atomic E-state index is 0.0150. The van der Waals surface area contributed by atoms with E-state index >= 15 is 0 Å². The van der Waals surface area contributed by atoms with Gasteiger partial charge >= 0.3 is 0 Å². The lowest BCUT2D eigenvalue weighted by atomic mass is 9.99. The number of nitrogens with zero attached hydrogens (tertiary/aromatic N) is 2. The number of rotatable bonds is 3. The monoisotopic (exact) mass is 273 g/mol. The highest BCUT2D eigenvalue weighted by atomic mass is 16.3. The predicted octanol–water partition coefficient (Wildman–Crippen LogP) is 1.94. The zero-order valence-electron chi connectivity index (χ0n) is 11.4. The lowest BCUT2D eigenvalue weighted by Crippen LogP contribution is -2.44. The zero-order chi connectivity index (χ0) is 13.9. The van der Waals surface area contributed by atoms with Gasteiger partial charge in [-0.1, -0.05) is 0 Å². The number of likely N-dealkylation sites (tertiary alicyclic amines) is 1. The van der Waals surface area contributed by atoms with Gasteiger partial charge in [0.05, 0.1) is 11.0 Å². The summed E-state index contributed by atoms with van der Waals surface area (Å²) < 4.78 is 0. The molecule has 1 aliphatic rings. The van der Waals surface area contributed by atoms with Gasteiger partial charge in [0.25, 0.3) is 5.91 Å². The number of aromatic nitrogens is 2. The SMILES string of the molecule is O=C(c1cc2ncccc2[nH]1)N1CCCCC1CCO. The number of pyridine rings is 1. The van der Waals surface area contributed by atoms with Crippen LogP contribution in [0.3, 0.4) is 0 Å². The molecule has 2 aromatic heterocycles. The van der Waals surface area contributed by atoms with Gasteiger partial charge in [0, 0.05) is 25.4 Å². The van der Waals surface area contributed by atoms with Crippen LogP contribution in [0.5, 0.6) is 0 Å². The number of hydrogen-bond acceptors (Lipinski definition) is 3. The van der Waals surface area contributed by atoms with Gasteiger partial charge in [-0.3, -0.25) is 9.78 Å². The standard InChI is InChI=1S/C15H19N3O2/c19-9-6-11-4-1-2-8-18(11)15(20)14-10-13-12(17-14)5-3-7-16-13/h3,5,7,10-11,17,19H,1-2,4,6,8-9H2. The molecule has 1 atom stereocenters. The fourth-order valence-corrected chi connectivity index (χ4v) is 2.94. The van der Waals surface area contributed by atoms with Crippen molar-refractivity contribution in [2.75, 3.05) is 13.2 Å². The summed E-state index contributed by atoms with van der Waals surface area (Å²) in [5.41, 5.74) is 2.28. The van der Waals surface area contributed by atoms with Crippen LogP contribution >= 0.6 is 0 Å². The molecule has 0 bridgehead atoms. The number of nitrogens with one attached hydrogen (secondary N) is 1. The molecule has 5 heteroatoms. The second kappa shape index (κ2) is 5.63. The van der Waals surface area contributed by atoms with Crippen LogP contribution in [-0.2, 0) is 0 Å². The van der Waals surface area contributed by atoms with Gasteiger partial charge in [-0.25, -0.2) is 0 Å². The number of amides is 1. The van der Waals surface area contributed by atoms with Crippen LogP contribution < -0.4 is 0 Å². The molecule has 0 radical (unpaired) electrons. The average Bonchev–Trinajstić information content (AvgIpc) is 2.91. The van der Waals surface area contributed by atoms with Gasteiger partial charge in [0.1, 0.15) is 5.69 Å². The lowest BCUT2D eigenvalue weighted by Gasteiger charge is -2.35. The van der Waals surface area contributed by atoms with Crippen molar-refractivity contribution in [2.45, 2.75) is 31.7 Å². The molecular formula is C15H19N3O2. The number of aliphatic hydroxyl groups is 1. The zero-order valence-corrected chi connectivity index (χ0v) is 11.4. The molecule has 1 amide bonds. The number of carbonyl (C=O) groups is 1. The number of fused-ring (bicyclic) bond motifs is 1. The average molecular weight is 273 g/mol. The van der Waals surface area contributed by atoms with E-state index in [0.29, 0.717) is 12.1 Å². The Morgan fingerprint density at radius 3 is 3.20 bits per heavy atom. The summed E-state index contributed by atoms with van der Waals surface area (Å²) in [6.07, 6.45) is 5.52. The van der Waals surface area contributed by atoms with E-state index in [1.54, 1.807) is 6.20 Å². The molecule has 0 aliphatic carbocycles. The van der Waals surface area contributed by atoms with Gasteiger partial charge in [-0.2, -0.15) is 0 Å². The lowest BCUT2D eigenvalue weighted by molar-refractivity contribution is 0.0569. The van der Waals surface area contributed by atoms with E-state index in [2.05, 4.69) is 9.97 Å². The van der Waals surface area contributed by atoms with E-state index < -0.39 is 0 Å². The van der Waals surface area contributed by atoms with Gasteiger partial charge in [0.2, 0.25) is 0 Å². The fraction of sp³-hybridized carbons (Fsp3) is 0.467. The highest BCUT2D eigenvalue weighted by Crippen LogP contribution is 2.22. The first-order valence-electron chi connectivity index (χ1n) is 7.15. The van der Waals surface area contributed by atoms with E-state index in [4.69, 9.17) is 5.11 Å². The minimum Gasteiger partial charge on any atom is -0.396 e. The van der Waals surface area contributed by atoms with Crippen molar-refractivity contribution >= 4 is 16.9 Å². The van der Waals surface area contributed by atoms with Crippen molar-refractivity contribution in [1.29, 1.82) is 0 Å². The van der Waals surface area contributed by atoms with Crippen LogP contribution in [0.25, 0.3) is 11.0 Å². The molecular weight excluding hydrogens is 254 g/mol. The van der Waals surface area contributed by atoms with Crippen LogP contribution in [0.15, 0.2) is 24.4 Å². The van der Waals surface area contributed by atoms with Crippen molar-refractivity contribution in [2.24, 2.45) is 0 Å². The molecule has 5 nitrogen and oxygen atoms in total. The first-order valence-corrected chi connectivity index (χ1v) is 7.15. The Balaban J connectivity index is 1.86. The molecule has 1 unspecified atom stereocenters. The van der Waals surface area contributed by atoms with Crippen LogP contribution in [-0.4, -0.2) is 45.1 Å². The Bertz CT molecular complexity index is 573. The van der Waals surface area contributed by atoms with E-state index in [-0.39, 0.29) is 18.6 Å². The van der Waals surface area contributed by atoms with Crippen LogP contribution in [0.1, 0.15) is 36.2 Å². The largest absolute Gasteiger partial charge is 0.396 e. The third-order valence-electron chi connectivity index (χ3n) is 3.97. The smallest absolute Gasteiger partial charge is 0.270 e. The van der Waals surface area contributed by atoms with Crippen molar-refractivity contribution < 1.29 is 9.90 Å². The molecule has 3 heterocycles. The summed E-state index contributed by atoms with van der Waals surface area (Å²) in [6.45, 7) is 0.898. The number of H-pyrrole nitrogens is 1. The number of carbonyl (C=O) groups excluding carboxylic acids is 1. The van der Waals surface area contributed by atoms with Crippen LogP contribution in [0.4, 0.5) is 0 Å². The van der Waals surface area contributed by atoms with Crippen molar-refractivity contribution in [3.05, 3.63) is 30.1 Å². The Hall–Kier alpha value is -1.88. The van der Waals surface area contributed by atoms with Gasteiger partial charge in [0.15, 0.2) is 0 Å². The number of hydrogen-bond donors (Lipinski definition) is 2. The van der Waals surface area contributed by atoms with E-state index in [0.717, 1.165) is 36.8 Å². The molecule has 20 heavy (non-hydrogen) atoms. The summed E-state index contributed by atoms with van der Waals surface area (Å²) >= 11 is 0. The first-order chi connectivity index (χ1) is 9.79. The molecule has 1 fully saturated rings. The summed E-state index contributed by atoms with van der Waals surface area (Å²) in [5.74, 6) is 0.0150. The fourth-order valence-electron chi connectivity index (χ4n) is 2.94. The van der Waals surface area contributed by atoms with E-state index in [1.165, 1.54) is 0 Å². The van der Waals surface area contributed by atoms with Gasteiger partial charge < -0.3 is 15.0 Å². The summed E-state index contributed by atoms with van der Waals surface area (Å²) in [5, 5.41) is 9.15. The number of aliphatic hydroxyl groups excluding tert-OH is 1. The summed E-state index contributed by atoms with van der Waals surface area (Å²) in [7, 11) is 0. The molecule has 0 spiro atoms. The maximum absolute atomic E-state index is 12.6. The number of piperidine rings is 1. The van der Waals surface area contributed by atoms with E-state index in [9.17, 15) is 4.79 Å². The Morgan fingerprint density at radius 2 is 2.40 bits per heavy atom. The molecule has 3 rings (SSSR count). The third-order valence-corrected chi connectivity index (χ3v) is 3.97. The predicted molar refractivity (Wildman–Crippen MR) is 76.5 cm³/mol. The highest BCUT2D eigenvalue weighted by Gasteiger charge is 2.27. The van der Waals surface area contributed by atoms with Crippen LogP contribution in [0, 0.1) is 0 Å². The third kappa shape index (κ3) is 2.41. The molecule has 2 N–H and O–H groups in total. The minimum absolute atomic E-state index is 0.0150. The molecule has 2 aromatic rings. The van der Waals surface area contributed by atoms with Gasteiger partial charge in [-0.15, -0.1) is 0 Å². The van der Waals surface area contributed by atoms with Crippen molar-refractivity contribution in [1.82, 2.24) is 14.9 Å². The first kappa shape index (κ1) is 13.1. The maximum atomic E-state index is 12.6. The molecule has 0 saturated carbocycles. The Kier molecular flexibility index (Phi) is 3.69. The molecule has 106 valence electrons. The highest BCUT2D eigenvalue weighted by molar-refractivity contribution is 5.97. The van der Waals surface area contributed by atoms with Crippen LogP contribution in [0.2, 0.25) is 0 Å². The second-order valence-electron chi connectivity index (χ2n) is 5.28. The molecule has 0 aromatic carbocycles. The summed E-state index contributed by atoms with van der Waals surface area (Å²) in [6, 6.07) is 5.73. The van der Waals surface area contributed by atoms with E-state index in [1.807, 2.05) is 23.1 Å².